The first kappa shape index (κ1) is 17.7. The number of amides is 1. The molecule has 1 heterocycles. The molecule has 1 unspecified atom stereocenters. The van der Waals surface area contributed by atoms with Crippen molar-refractivity contribution in [3.05, 3.63) is 0 Å². The summed E-state index contributed by atoms with van der Waals surface area (Å²) in [6, 6.07) is -0.921. The van der Waals surface area contributed by atoms with Crippen LogP contribution in [0.4, 0.5) is 4.79 Å². The molecular formula is C14H25NO6. The van der Waals surface area contributed by atoms with E-state index in [4.69, 9.17) is 14.2 Å². The zero-order valence-corrected chi connectivity index (χ0v) is 13.1. The largest absolute Gasteiger partial charge is 0.467 e. The molecule has 7 heteroatoms. The molecule has 0 bridgehead atoms. The van der Waals surface area contributed by atoms with Crippen LogP contribution in [0.3, 0.4) is 0 Å². The summed E-state index contributed by atoms with van der Waals surface area (Å²) < 4.78 is 20.7. The lowest BCUT2D eigenvalue weighted by atomic mass is 10.2. The fourth-order valence-electron chi connectivity index (χ4n) is 1.81. The van der Waals surface area contributed by atoms with Gasteiger partial charge in [-0.15, -0.1) is 0 Å². The highest BCUT2D eigenvalue weighted by Gasteiger charge is 2.27. The van der Waals surface area contributed by atoms with Gasteiger partial charge in [0.05, 0.1) is 13.7 Å². The molecule has 1 N–H and O–H groups in total. The van der Waals surface area contributed by atoms with Crippen molar-refractivity contribution in [2.45, 2.75) is 58.0 Å². The van der Waals surface area contributed by atoms with Gasteiger partial charge in [-0.05, 0) is 40.0 Å². The summed E-state index contributed by atoms with van der Waals surface area (Å²) >= 11 is 0. The van der Waals surface area contributed by atoms with Crippen molar-refractivity contribution in [1.82, 2.24) is 5.32 Å². The van der Waals surface area contributed by atoms with Gasteiger partial charge in [-0.2, -0.15) is 0 Å². The molecule has 7 nitrogen and oxygen atoms in total. The molecule has 1 rings (SSSR count). The third kappa shape index (κ3) is 7.29. The van der Waals surface area contributed by atoms with Gasteiger partial charge in [0.2, 0.25) is 0 Å². The van der Waals surface area contributed by atoms with Crippen molar-refractivity contribution in [2.75, 3.05) is 20.3 Å². The normalized spacial score (nSPS) is 20.5. The van der Waals surface area contributed by atoms with Gasteiger partial charge in [0.15, 0.2) is 12.3 Å². The first-order chi connectivity index (χ1) is 9.81. The van der Waals surface area contributed by atoms with Crippen LogP contribution < -0.4 is 5.32 Å². The van der Waals surface area contributed by atoms with Crippen molar-refractivity contribution in [2.24, 2.45) is 0 Å². The van der Waals surface area contributed by atoms with Crippen molar-refractivity contribution in [1.29, 1.82) is 0 Å². The van der Waals surface area contributed by atoms with Crippen molar-refractivity contribution in [3.8, 4) is 0 Å². The summed E-state index contributed by atoms with van der Waals surface area (Å²) in [5.74, 6) is -0.586. The van der Waals surface area contributed by atoms with E-state index < -0.39 is 23.7 Å². The van der Waals surface area contributed by atoms with E-state index in [2.05, 4.69) is 10.1 Å². The Balaban J connectivity index is 2.47. The lowest BCUT2D eigenvalue weighted by Gasteiger charge is -2.26. The lowest BCUT2D eigenvalue weighted by molar-refractivity contribution is -0.172. The molecule has 0 spiro atoms. The molecule has 1 aliphatic heterocycles. The summed E-state index contributed by atoms with van der Waals surface area (Å²) in [6.45, 7) is 5.86. The molecule has 0 saturated carbocycles. The highest BCUT2D eigenvalue weighted by atomic mass is 16.7. The van der Waals surface area contributed by atoms with Crippen LogP contribution in [0.15, 0.2) is 0 Å². The Labute approximate surface area is 125 Å². The Morgan fingerprint density at radius 1 is 1.33 bits per heavy atom. The number of rotatable bonds is 5. The average molecular weight is 303 g/mol. The standard InChI is InChI=1S/C14H25NO6/c1-14(2,3)21-13(17)15-10(12(16)18-4)9-20-11-7-5-6-8-19-11/h10-11H,5-9H2,1-4H3,(H,15,17)/t10-,11?/m0/s1. The molecule has 21 heavy (non-hydrogen) atoms. The van der Waals surface area contributed by atoms with Crippen molar-refractivity contribution < 1.29 is 28.5 Å². The third-order valence-corrected chi connectivity index (χ3v) is 2.76. The molecule has 1 aliphatic rings. The van der Waals surface area contributed by atoms with Crippen LogP contribution in [0.5, 0.6) is 0 Å². The van der Waals surface area contributed by atoms with Gasteiger partial charge in [0, 0.05) is 6.61 Å². The summed E-state index contributed by atoms with van der Waals surface area (Å²) in [6.07, 6.45) is 1.78. The second-order valence-corrected chi connectivity index (χ2v) is 5.85. The Kier molecular flexibility index (Phi) is 6.91. The van der Waals surface area contributed by atoms with E-state index in [1.807, 2.05) is 0 Å². The van der Waals surface area contributed by atoms with Gasteiger partial charge >= 0.3 is 12.1 Å². The fourth-order valence-corrected chi connectivity index (χ4v) is 1.81. The molecule has 0 aromatic carbocycles. The van der Waals surface area contributed by atoms with Crippen LogP contribution in [-0.2, 0) is 23.7 Å². The molecule has 1 amide bonds. The monoisotopic (exact) mass is 303 g/mol. The quantitative estimate of drug-likeness (QED) is 0.777. The third-order valence-electron chi connectivity index (χ3n) is 2.76. The predicted molar refractivity (Wildman–Crippen MR) is 74.7 cm³/mol. The summed E-state index contributed by atoms with van der Waals surface area (Å²) in [5.41, 5.74) is -0.641. The molecule has 0 aromatic rings. The van der Waals surface area contributed by atoms with Gasteiger partial charge < -0.3 is 24.3 Å². The van der Waals surface area contributed by atoms with Gasteiger partial charge in [0.1, 0.15) is 5.60 Å². The zero-order chi connectivity index (χ0) is 15.9. The van der Waals surface area contributed by atoms with E-state index in [-0.39, 0.29) is 12.9 Å². The number of nitrogens with one attached hydrogen (secondary N) is 1. The molecule has 0 aliphatic carbocycles. The molecular weight excluding hydrogens is 278 g/mol. The molecule has 0 radical (unpaired) electrons. The van der Waals surface area contributed by atoms with Crippen LogP contribution in [0.25, 0.3) is 0 Å². The first-order valence-electron chi connectivity index (χ1n) is 7.12. The highest BCUT2D eigenvalue weighted by Crippen LogP contribution is 2.14. The minimum atomic E-state index is -0.921. The van der Waals surface area contributed by atoms with Crippen molar-refractivity contribution >= 4 is 12.1 Å². The van der Waals surface area contributed by atoms with Crippen LogP contribution in [0.2, 0.25) is 0 Å². The van der Waals surface area contributed by atoms with Gasteiger partial charge in [0.25, 0.3) is 0 Å². The fraction of sp³-hybridized carbons (Fsp3) is 0.857. The summed E-state index contributed by atoms with van der Waals surface area (Å²) in [5, 5.41) is 2.45. The maximum absolute atomic E-state index is 11.7. The lowest BCUT2D eigenvalue weighted by Crippen LogP contribution is -2.47. The van der Waals surface area contributed by atoms with Crippen LogP contribution in [0, 0.1) is 0 Å². The van der Waals surface area contributed by atoms with E-state index in [0.29, 0.717) is 6.61 Å². The number of hydrogen-bond donors (Lipinski definition) is 1. The van der Waals surface area contributed by atoms with Gasteiger partial charge in [-0.1, -0.05) is 0 Å². The summed E-state index contributed by atoms with van der Waals surface area (Å²) in [7, 11) is 1.25. The molecule has 1 fully saturated rings. The zero-order valence-electron chi connectivity index (χ0n) is 13.1. The minimum Gasteiger partial charge on any atom is -0.467 e. The number of esters is 1. The number of alkyl carbamates (subject to hydrolysis) is 1. The highest BCUT2D eigenvalue weighted by molar-refractivity contribution is 5.81. The van der Waals surface area contributed by atoms with Crippen molar-refractivity contribution in [3.63, 3.8) is 0 Å². The Morgan fingerprint density at radius 2 is 2.05 bits per heavy atom. The maximum Gasteiger partial charge on any atom is 0.408 e. The number of carbonyl (C=O) groups is 2. The molecule has 2 atom stereocenters. The van der Waals surface area contributed by atoms with Crippen LogP contribution in [0.1, 0.15) is 40.0 Å². The van der Waals surface area contributed by atoms with Gasteiger partial charge in [-0.25, -0.2) is 9.59 Å². The van der Waals surface area contributed by atoms with Crippen LogP contribution in [-0.4, -0.2) is 50.3 Å². The second kappa shape index (κ2) is 8.19. The Hall–Kier alpha value is -1.34. The topological polar surface area (TPSA) is 83.1 Å². The Bertz CT molecular complexity index is 346. The predicted octanol–water partition coefficient (Wildman–Crippen LogP) is 1.60. The number of carbonyl (C=O) groups excluding carboxylic acids is 2. The minimum absolute atomic E-state index is 0.0173. The average Bonchev–Trinajstić information content (AvgIpc) is 2.41. The van der Waals surface area contributed by atoms with Crippen LogP contribution >= 0.6 is 0 Å². The van der Waals surface area contributed by atoms with E-state index in [1.165, 1.54) is 7.11 Å². The Morgan fingerprint density at radius 3 is 2.57 bits per heavy atom. The second-order valence-electron chi connectivity index (χ2n) is 5.85. The van der Waals surface area contributed by atoms with E-state index in [1.54, 1.807) is 20.8 Å². The molecule has 0 aromatic heterocycles. The van der Waals surface area contributed by atoms with E-state index >= 15 is 0 Å². The summed E-state index contributed by atoms with van der Waals surface area (Å²) in [4.78, 5) is 23.4. The maximum atomic E-state index is 11.7. The SMILES string of the molecule is COC(=O)[C@H](COC1CCCCO1)NC(=O)OC(C)(C)C. The molecule has 122 valence electrons. The van der Waals surface area contributed by atoms with E-state index in [0.717, 1.165) is 19.3 Å². The number of ether oxygens (including phenoxy) is 4. The number of methoxy groups -OCH3 is 1. The molecule has 1 saturated heterocycles. The van der Waals surface area contributed by atoms with Gasteiger partial charge in [-0.3, -0.25) is 0 Å². The number of hydrogen-bond acceptors (Lipinski definition) is 6. The first-order valence-corrected chi connectivity index (χ1v) is 7.12. The smallest absolute Gasteiger partial charge is 0.408 e. The van der Waals surface area contributed by atoms with E-state index in [9.17, 15) is 9.59 Å².